The molecule has 1 aromatic rings. The van der Waals surface area contributed by atoms with Crippen LogP contribution in [0, 0.1) is 5.92 Å². The van der Waals surface area contributed by atoms with E-state index in [0.717, 1.165) is 23.7 Å². The van der Waals surface area contributed by atoms with Crippen LogP contribution in [0.4, 0.5) is 0 Å². The maximum Gasteiger partial charge on any atom is 0.240 e. The van der Waals surface area contributed by atoms with Gasteiger partial charge in [-0.25, -0.2) is 13.1 Å². The van der Waals surface area contributed by atoms with Gasteiger partial charge in [-0.15, -0.1) is 11.6 Å². The first kappa shape index (κ1) is 17.0. The smallest absolute Gasteiger partial charge is 0.211 e. The number of rotatable bonds is 8. The van der Waals surface area contributed by atoms with Crippen molar-refractivity contribution >= 4 is 37.6 Å². The molecule has 1 unspecified atom stereocenters. The predicted molar refractivity (Wildman–Crippen MR) is 83.1 cm³/mol. The number of benzene rings is 1. The molecule has 0 amide bonds. The zero-order chi connectivity index (χ0) is 14.3. The Morgan fingerprint density at radius 1 is 1.37 bits per heavy atom. The summed E-state index contributed by atoms with van der Waals surface area (Å²) >= 11 is 9.01. The standard InChI is InChI=1S/C13H19BrClNO2S/c1-2-4-11(7-8-15)10-16-19(17,18)13-6-3-5-12(14)9-13/h3,5-6,9,11,16H,2,4,7-8,10H2,1H3. The van der Waals surface area contributed by atoms with Gasteiger partial charge in [0.25, 0.3) is 0 Å². The van der Waals surface area contributed by atoms with Crippen LogP contribution in [0.15, 0.2) is 33.6 Å². The zero-order valence-electron chi connectivity index (χ0n) is 10.9. The van der Waals surface area contributed by atoms with Crippen LogP contribution in [0.25, 0.3) is 0 Å². The maximum absolute atomic E-state index is 12.1. The first-order chi connectivity index (χ1) is 8.99. The molecule has 0 aromatic heterocycles. The minimum atomic E-state index is -3.44. The summed E-state index contributed by atoms with van der Waals surface area (Å²) in [5, 5.41) is 0. The molecule has 1 rings (SSSR count). The summed E-state index contributed by atoms with van der Waals surface area (Å²) in [7, 11) is -3.44. The van der Waals surface area contributed by atoms with Gasteiger partial charge in [0.2, 0.25) is 10.0 Å². The molecular weight excluding hydrogens is 350 g/mol. The number of sulfonamides is 1. The van der Waals surface area contributed by atoms with Crippen molar-refractivity contribution in [3.05, 3.63) is 28.7 Å². The first-order valence-corrected chi connectivity index (χ1v) is 9.12. The molecule has 0 heterocycles. The van der Waals surface area contributed by atoms with Crippen LogP contribution in [0.5, 0.6) is 0 Å². The van der Waals surface area contributed by atoms with Crippen LogP contribution in [0.2, 0.25) is 0 Å². The van der Waals surface area contributed by atoms with Gasteiger partial charge < -0.3 is 0 Å². The minimum Gasteiger partial charge on any atom is -0.211 e. The van der Waals surface area contributed by atoms with E-state index in [4.69, 9.17) is 11.6 Å². The highest BCUT2D eigenvalue weighted by atomic mass is 79.9. The Hall–Kier alpha value is -0.100. The van der Waals surface area contributed by atoms with Crippen LogP contribution < -0.4 is 4.72 Å². The molecule has 1 N–H and O–H groups in total. The van der Waals surface area contributed by atoms with Gasteiger partial charge in [-0.1, -0.05) is 35.3 Å². The molecule has 0 fully saturated rings. The van der Waals surface area contributed by atoms with E-state index >= 15 is 0 Å². The van der Waals surface area contributed by atoms with E-state index in [1.807, 2.05) is 0 Å². The second-order valence-electron chi connectivity index (χ2n) is 4.44. The minimum absolute atomic E-state index is 0.281. The van der Waals surface area contributed by atoms with Gasteiger partial charge in [0.05, 0.1) is 4.90 Å². The first-order valence-electron chi connectivity index (χ1n) is 6.30. The molecule has 0 saturated heterocycles. The Morgan fingerprint density at radius 3 is 2.68 bits per heavy atom. The van der Waals surface area contributed by atoms with Gasteiger partial charge in [-0.3, -0.25) is 0 Å². The summed E-state index contributed by atoms with van der Waals surface area (Å²) in [5.41, 5.74) is 0. The van der Waals surface area contributed by atoms with Crippen molar-refractivity contribution in [1.29, 1.82) is 0 Å². The average molecular weight is 369 g/mol. The summed E-state index contributed by atoms with van der Waals surface area (Å²) in [6.07, 6.45) is 2.84. The Morgan fingerprint density at radius 2 is 2.11 bits per heavy atom. The highest BCUT2D eigenvalue weighted by Gasteiger charge is 2.16. The van der Waals surface area contributed by atoms with Gasteiger partial charge in [0.15, 0.2) is 0 Å². The van der Waals surface area contributed by atoms with Gasteiger partial charge in [-0.2, -0.15) is 0 Å². The quantitative estimate of drug-likeness (QED) is 0.710. The van der Waals surface area contributed by atoms with Crippen LogP contribution in [-0.2, 0) is 10.0 Å². The normalized spacial score (nSPS) is 13.4. The lowest BCUT2D eigenvalue weighted by molar-refractivity contribution is 0.457. The van der Waals surface area contributed by atoms with Gasteiger partial charge in [0.1, 0.15) is 0 Å². The van der Waals surface area contributed by atoms with Crippen LogP contribution >= 0.6 is 27.5 Å². The highest BCUT2D eigenvalue weighted by molar-refractivity contribution is 9.10. The SMILES string of the molecule is CCCC(CCCl)CNS(=O)(=O)c1cccc(Br)c1. The predicted octanol–water partition coefficient (Wildman–Crippen LogP) is 3.77. The van der Waals surface area contributed by atoms with Crippen molar-refractivity contribution in [1.82, 2.24) is 4.72 Å². The van der Waals surface area contributed by atoms with Crippen molar-refractivity contribution in [2.75, 3.05) is 12.4 Å². The molecule has 1 atom stereocenters. The molecule has 0 radical (unpaired) electrons. The summed E-state index contributed by atoms with van der Waals surface area (Å²) in [6.45, 7) is 2.53. The molecule has 3 nitrogen and oxygen atoms in total. The second kappa shape index (κ2) is 8.25. The Bertz CT molecular complexity index is 487. The van der Waals surface area contributed by atoms with E-state index in [1.54, 1.807) is 24.3 Å². The van der Waals surface area contributed by atoms with E-state index in [0.29, 0.717) is 18.3 Å². The van der Waals surface area contributed by atoms with E-state index in [2.05, 4.69) is 27.6 Å². The molecule has 0 aliphatic heterocycles. The van der Waals surface area contributed by atoms with Crippen LogP contribution in [-0.4, -0.2) is 20.8 Å². The van der Waals surface area contributed by atoms with E-state index in [1.165, 1.54) is 0 Å². The van der Waals surface area contributed by atoms with E-state index < -0.39 is 10.0 Å². The Labute approximate surface area is 128 Å². The fourth-order valence-electron chi connectivity index (χ4n) is 1.86. The summed E-state index contributed by atoms with van der Waals surface area (Å²) in [4.78, 5) is 0.281. The van der Waals surface area contributed by atoms with Crippen molar-refractivity contribution in [3.8, 4) is 0 Å². The van der Waals surface area contributed by atoms with Crippen LogP contribution in [0.1, 0.15) is 26.2 Å². The molecule has 0 aliphatic carbocycles. The van der Waals surface area contributed by atoms with Crippen molar-refractivity contribution in [2.24, 2.45) is 5.92 Å². The monoisotopic (exact) mass is 367 g/mol. The molecule has 0 bridgehead atoms. The molecule has 0 aliphatic rings. The Balaban J connectivity index is 2.69. The molecule has 19 heavy (non-hydrogen) atoms. The van der Waals surface area contributed by atoms with Gasteiger partial charge >= 0.3 is 0 Å². The number of halogens is 2. The summed E-state index contributed by atoms with van der Waals surface area (Å²) in [5.74, 6) is 0.855. The number of nitrogens with one attached hydrogen (secondary N) is 1. The third-order valence-corrected chi connectivity index (χ3v) is 5.02. The second-order valence-corrected chi connectivity index (χ2v) is 7.50. The number of hydrogen-bond acceptors (Lipinski definition) is 2. The Kier molecular flexibility index (Phi) is 7.36. The summed E-state index contributed by atoms with van der Waals surface area (Å²) < 4.78 is 27.7. The fourth-order valence-corrected chi connectivity index (χ4v) is 3.88. The molecule has 108 valence electrons. The van der Waals surface area contributed by atoms with Crippen LogP contribution in [0.3, 0.4) is 0 Å². The third-order valence-electron chi connectivity index (χ3n) is 2.88. The van der Waals surface area contributed by atoms with Crippen molar-refractivity contribution < 1.29 is 8.42 Å². The molecule has 0 spiro atoms. The van der Waals surface area contributed by atoms with Crippen molar-refractivity contribution in [2.45, 2.75) is 31.1 Å². The maximum atomic E-state index is 12.1. The summed E-state index contributed by atoms with van der Waals surface area (Å²) in [6, 6.07) is 6.69. The lowest BCUT2D eigenvalue weighted by atomic mass is 10.0. The third kappa shape index (κ3) is 5.81. The van der Waals surface area contributed by atoms with E-state index in [-0.39, 0.29) is 4.90 Å². The lowest BCUT2D eigenvalue weighted by Crippen LogP contribution is -2.29. The van der Waals surface area contributed by atoms with Crippen molar-refractivity contribution in [3.63, 3.8) is 0 Å². The van der Waals surface area contributed by atoms with Gasteiger partial charge in [-0.05, 0) is 37.0 Å². The average Bonchev–Trinajstić information content (AvgIpc) is 2.37. The fraction of sp³-hybridized carbons (Fsp3) is 0.538. The lowest BCUT2D eigenvalue weighted by Gasteiger charge is -2.15. The highest BCUT2D eigenvalue weighted by Crippen LogP contribution is 2.17. The molecule has 6 heteroatoms. The number of hydrogen-bond donors (Lipinski definition) is 1. The van der Waals surface area contributed by atoms with Gasteiger partial charge in [0, 0.05) is 16.9 Å². The van der Waals surface area contributed by atoms with E-state index in [9.17, 15) is 8.42 Å². The molecule has 0 saturated carbocycles. The number of alkyl halides is 1. The molecule has 1 aromatic carbocycles. The topological polar surface area (TPSA) is 46.2 Å². The zero-order valence-corrected chi connectivity index (χ0v) is 14.1. The molecular formula is C13H19BrClNO2S. The largest absolute Gasteiger partial charge is 0.240 e.